The molecule has 1 fully saturated rings. The number of ketones is 1. The summed E-state index contributed by atoms with van der Waals surface area (Å²) in [4.78, 5) is 26.6. The quantitative estimate of drug-likeness (QED) is 0.236. The number of nitrogens with one attached hydrogen (secondary N) is 1. The van der Waals surface area contributed by atoms with Gasteiger partial charge in [-0.05, 0) is 41.7 Å². The van der Waals surface area contributed by atoms with E-state index in [1.807, 2.05) is 46.4 Å². The van der Waals surface area contributed by atoms with Gasteiger partial charge in [0.15, 0.2) is 5.78 Å². The summed E-state index contributed by atoms with van der Waals surface area (Å²) < 4.78 is 0. The number of phenolic OH excluding ortho intramolecular Hbond substituents is 1. The summed E-state index contributed by atoms with van der Waals surface area (Å²) in [5.74, 6) is 0.486. The van der Waals surface area contributed by atoms with Crippen molar-refractivity contribution in [1.82, 2.24) is 4.90 Å². The van der Waals surface area contributed by atoms with Gasteiger partial charge in [0, 0.05) is 40.8 Å². The van der Waals surface area contributed by atoms with Crippen molar-refractivity contribution in [1.29, 1.82) is 5.41 Å². The lowest BCUT2D eigenvalue weighted by molar-refractivity contribution is -0.385. The van der Waals surface area contributed by atoms with Crippen molar-refractivity contribution in [3.8, 4) is 5.75 Å². The highest BCUT2D eigenvalue weighted by Gasteiger charge is 2.39. The summed E-state index contributed by atoms with van der Waals surface area (Å²) in [5, 5.41) is 31.5. The molecule has 2 aromatic carbocycles. The molecule has 0 aliphatic carbocycles. The highest BCUT2D eigenvalue weighted by Crippen LogP contribution is 2.40. The highest BCUT2D eigenvalue weighted by atomic mass is 16.6. The van der Waals surface area contributed by atoms with E-state index in [1.54, 1.807) is 30.3 Å². The van der Waals surface area contributed by atoms with Gasteiger partial charge >= 0.3 is 0 Å². The van der Waals surface area contributed by atoms with Gasteiger partial charge in [-0.2, -0.15) is 0 Å². The third kappa shape index (κ3) is 6.20. The second-order valence-electron chi connectivity index (χ2n) is 12.4. The number of amidine groups is 1. The Hall–Kier alpha value is -3.22. The number of hydrogen-bond donors (Lipinski definition) is 2. The maximum absolute atomic E-state index is 13.6. The van der Waals surface area contributed by atoms with Crippen LogP contribution in [0.5, 0.6) is 5.75 Å². The molecule has 0 amide bonds. The number of carbonyl (C=O) groups is 1. The maximum Gasteiger partial charge on any atom is 0.272 e. The summed E-state index contributed by atoms with van der Waals surface area (Å²) in [7, 11) is 0. The Morgan fingerprint density at radius 3 is 2.19 bits per heavy atom. The molecule has 1 aliphatic heterocycles. The zero-order valence-corrected chi connectivity index (χ0v) is 23.2. The van der Waals surface area contributed by atoms with Gasteiger partial charge in [0.05, 0.1) is 11.5 Å². The lowest BCUT2D eigenvalue weighted by Gasteiger charge is -2.28. The Bertz CT molecular complexity index is 1160. The van der Waals surface area contributed by atoms with Crippen molar-refractivity contribution in [2.45, 2.75) is 78.6 Å². The molecule has 1 saturated heterocycles. The van der Waals surface area contributed by atoms with Gasteiger partial charge in [-0.15, -0.1) is 0 Å². The molecule has 200 valence electrons. The first-order chi connectivity index (χ1) is 17.1. The van der Waals surface area contributed by atoms with Gasteiger partial charge < -0.3 is 10.0 Å². The van der Waals surface area contributed by atoms with E-state index < -0.39 is 0 Å². The van der Waals surface area contributed by atoms with Gasteiger partial charge in [0.25, 0.3) is 5.69 Å². The Morgan fingerprint density at radius 1 is 1.11 bits per heavy atom. The predicted molar refractivity (Wildman–Crippen MR) is 148 cm³/mol. The van der Waals surface area contributed by atoms with Crippen LogP contribution in [-0.2, 0) is 17.3 Å². The van der Waals surface area contributed by atoms with Gasteiger partial charge in [0.2, 0.25) is 0 Å². The minimum atomic E-state index is -0.367. The molecule has 0 unspecified atom stereocenters. The average molecular weight is 508 g/mol. The number of para-hydroxylation sites is 1. The summed E-state index contributed by atoms with van der Waals surface area (Å²) in [6.45, 7) is 14.8. The molecule has 3 rings (SSSR count). The van der Waals surface area contributed by atoms with E-state index >= 15 is 0 Å². The molecule has 2 N–H and O–H groups in total. The van der Waals surface area contributed by atoms with Crippen LogP contribution in [0.25, 0.3) is 0 Å². The van der Waals surface area contributed by atoms with Crippen LogP contribution in [0.3, 0.4) is 0 Å². The second-order valence-corrected chi connectivity index (χ2v) is 12.4. The summed E-state index contributed by atoms with van der Waals surface area (Å²) in [6, 6.07) is 10.3. The molecule has 0 radical (unpaired) electrons. The number of phenols is 1. The number of nitro benzene ring substituents is 1. The molecular weight excluding hydrogens is 466 g/mol. The van der Waals surface area contributed by atoms with E-state index in [-0.39, 0.29) is 51.4 Å². The summed E-state index contributed by atoms with van der Waals surface area (Å²) in [6.07, 6.45) is 2.24. The van der Waals surface area contributed by atoms with Crippen molar-refractivity contribution >= 4 is 17.3 Å². The van der Waals surface area contributed by atoms with Crippen molar-refractivity contribution in [3.05, 3.63) is 68.8 Å². The van der Waals surface area contributed by atoms with E-state index in [9.17, 15) is 20.0 Å². The van der Waals surface area contributed by atoms with Crippen LogP contribution in [0, 0.1) is 27.4 Å². The smallest absolute Gasteiger partial charge is 0.272 e. The van der Waals surface area contributed by atoms with Crippen molar-refractivity contribution < 1.29 is 14.8 Å². The first-order valence-corrected chi connectivity index (χ1v) is 13.1. The van der Waals surface area contributed by atoms with Crippen LogP contribution in [0.15, 0.2) is 36.4 Å². The van der Waals surface area contributed by atoms with Crippen molar-refractivity contribution in [2.75, 3.05) is 13.1 Å². The molecule has 7 nitrogen and oxygen atoms in total. The zero-order valence-electron chi connectivity index (χ0n) is 23.2. The lowest BCUT2D eigenvalue weighted by Crippen LogP contribution is -2.33. The van der Waals surface area contributed by atoms with Crippen molar-refractivity contribution in [3.63, 3.8) is 0 Å². The number of nitro groups is 1. The topological polar surface area (TPSA) is 108 Å². The minimum Gasteiger partial charge on any atom is -0.507 e. The third-order valence-corrected chi connectivity index (χ3v) is 7.39. The molecular formula is C30H41N3O4. The van der Waals surface area contributed by atoms with E-state index in [0.717, 1.165) is 24.0 Å². The Morgan fingerprint density at radius 2 is 1.68 bits per heavy atom. The fourth-order valence-corrected chi connectivity index (χ4v) is 5.34. The molecule has 0 aromatic heterocycles. The van der Waals surface area contributed by atoms with E-state index in [1.165, 1.54) is 6.07 Å². The molecule has 1 aliphatic rings. The van der Waals surface area contributed by atoms with Crippen LogP contribution in [0.4, 0.5) is 5.69 Å². The standard InChI is InChI=1S/C30H41N3O4/c1-8-11-20-17-32(28(31)22(20)14-19-12-9-10-13-25(19)33(36)37)18-26(34)21-15-23(29(2,3)4)27(35)24(16-21)30(5,6)7/h9-10,12-13,15-16,20,22,31,35H,8,11,14,17-18H2,1-7H3/t20-,22+/m0/s1. The summed E-state index contributed by atoms with van der Waals surface area (Å²) in [5.41, 5.74) is 2.02. The molecule has 0 saturated carbocycles. The predicted octanol–water partition coefficient (Wildman–Crippen LogP) is 6.65. The average Bonchev–Trinajstić information content (AvgIpc) is 3.07. The number of aromatic hydroxyl groups is 1. The molecule has 0 bridgehead atoms. The number of rotatable bonds is 8. The number of likely N-dealkylation sites (tertiary alicyclic amines) is 1. The van der Waals surface area contributed by atoms with Gasteiger partial charge in [0.1, 0.15) is 11.6 Å². The van der Waals surface area contributed by atoms with Crippen molar-refractivity contribution in [2.24, 2.45) is 11.8 Å². The minimum absolute atomic E-state index is 0.0738. The van der Waals surface area contributed by atoms with Crippen LogP contribution in [-0.4, -0.2) is 39.6 Å². The van der Waals surface area contributed by atoms with Crippen LogP contribution in [0.1, 0.15) is 88.4 Å². The van der Waals surface area contributed by atoms with E-state index in [4.69, 9.17) is 5.41 Å². The second kappa shape index (κ2) is 10.6. The molecule has 2 atom stereocenters. The van der Waals surface area contributed by atoms with Gasteiger partial charge in [-0.3, -0.25) is 20.3 Å². The number of Topliss-reactive ketones (excluding diaryl/α,β-unsaturated/α-hetero) is 1. The van der Waals surface area contributed by atoms with Gasteiger partial charge in [-0.25, -0.2) is 0 Å². The largest absolute Gasteiger partial charge is 0.507 e. The number of carbonyl (C=O) groups excluding carboxylic acids is 1. The Labute approximate surface area is 220 Å². The Kier molecular flexibility index (Phi) is 8.15. The number of nitrogens with zero attached hydrogens (tertiary/aromatic N) is 2. The molecule has 37 heavy (non-hydrogen) atoms. The number of hydrogen-bond acceptors (Lipinski definition) is 5. The van der Waals surface area contributed by atoms with Crippen LogP contribution in [0.2, 0.25) is 0 Å². The molecule has 2 aromatic rings. The fraction of sp³-hybridized carbons (Fsp3) is 0.533. The lowest BCUT2D eigenvalue weighted by atomic mass is 9.78. The zero-order chi connectivity index (χ0) is 27.7. The third-order valence-electron chi connectivity index (χ3n) is 7.39. The first-order valence-electron chi connectivity index (χ1n) is 13.1. The molecule has 7 heteroatoms. The molecule has 0 spiro atoms. The summed E-state index contributed by atoms with van der Waals surface area (Å²) >= 11 is 0. The Balaban J connectivity index is 1.91. The highest BCUT2D eigenvalue weighted by molar-refractivity contribution is 6.01. The SMILES string of the molecule is CCC[C@H]1CN(CC(=O)c2cc(C(C)(C)C)c(O)c(C(C)(C)C)c2)C(=N)[C@@H]1Cc1ccccc1[N+](=O)[O-]. The molecule has 1 heterocycles. The first kappa shape index (κ1) is 28.4. The monoisotopic (exact) mass is 507 g/mol. The van der Waals surface area contributed by atoms with Crippen LogP contribution >= 0.6 is 0 Å². The van der Waals surface area contributed by atoms with Crippen LogP contribution < -0.4 is 0 Å². The van der Waals surface area contributed by atoms with E-state index in [0.29, 0.717) is 29.9 Å². The normalized spacial score (nSPS) is 18.4. The fourth-order valence-electron chi connectivity index (χ4n) is 5.34. The van der Waals surface area contributed by atoms with E-state index in [2.05, 4.69) is 6.92 Å². The maximum atomic E-state index is 13.6. The van der Waals surface area contributed by atoms with Gasteiger partial charge in [-0.1, -0.05) is 73.1 Å². The number of benzene rings is 2.